The highest BCUT2D eigenvalue weighted by Crippen LogP contribution is 2.21. The second-order valence-corrected chi connectivity index (χ2v) is 5.88. The van der Waals surface area contributed by atoms with Gasteiger partial charge in [-0.25, -0.2) is 0 Å². The van der Waals surface area contributed by atoms with E-state index in [-0.39, 0.29) is 5.78 Å². The van der Waals surface area contributed by atoms with Crippen LogP contribution < -0.4 is 4.74 Å². The molecule has 0 aromatic heterocycles. The highest BCUT2D eigenvalue weighted by Gasteiger charge is 2.10. The van der Waals surface area contributed by atoms with Gasteiger partial charge in [-0.15, -0.1) is 0 Å². The molecule has 0 aliphatic carbocycles. The molecule has 0 aliphatic rings. The summed E-state index contributed by atoms with van der Waals surface area (Å²) in [5.41, 5.74) is 1.34. The van der Waals surface area contributed by atoms with Crippen molar-refractivity contribution in [2.75, 3.05) is 7.11 Å². The maximum atomic E-state index is 12.3. The summed E-state index contributed by atoms with van der Waals surface area (Å²) < 4.78 is 7.01. The SMILES string of the molecule is COc1ccc(C(=O)c2cc(Br)cc(I)c2)cc1. The average molecular weight is 417 g/mol. The Kier molecular flexibility index (Phi) is 4.40. The van der Waals surface area contributed by atoms with E-state index < -0.39 is 0 Å². The van der Waals surface area contributed by atoms with Crippen LogP contribution >= 0.6 is 38.5 Å². The second kappa shape index (κ2) is 5.84. The van der Waals surface area contributed by atoms with Crippen molar-refractivity contribution >= 4 is 44.3 Å². The summed E-state index contributed by atoms with van der Waals surface area (Å²) in [7, 11) is 1.60. The third-order valence-corrected chi connectivity index (χ3v) is 3.56. The van der Waals surface area contributed by atoms with Crippen LogP contribution in [-0.4, -0.2) is 12.9 Å². The minimum absolute atomic E-state index is 0.0110. The van der Waals surface area contributed by atoms with Crippen LogP contribution in [0.3, 0.4) is 0 Å². The zero-order valence-corrected chi connectivity index (χ0v) is 13.4. The number of rotatable bonds is 3. The number of halogens is 2. The van der Waals surface area contributed by atoms with E-state index in [4.69, 9.17) is 4.74 Å². The summed E-state index contributed by atoms with van der Waals surface area (Å²) in [6.07, 6.45) is 0. The molecular weight excluding hydrogens is 407 g/mol. The number of benzene rings is 2. The topological polar surface area (TPSA) is 26.3 Å². The van der Waals surface area contributed by atoms with Gasteiger partial charge in [0.25, 0.3) is 0 Å². The van der Waals surface area contributed by atoms with E-state index in [1.165, 1.54) is 0 Å². The molecule has 18 heavy (non-hydrogen) atoms. The Labute approximate surface area is 128 Å². The monoisotopic (exact) mass is 416 g/mol. The number of ketones is 1. The molecule has 0 bridgehead atoms. The summed E-state index contributed by atoms with van der Waals surface area (Å²) in [4.78, 5) is 12.3. The van der Waals surface area contributed by atoms with Crippen molar-refractivity contribution in [3.63, 3.8) is 0 Å². The molecule has 2 aromatic carbocycles. The van der Waals surface area contributed by atoms with E-state index in [2.05, 4.69) is 38.5 Å². The fourth-order valence-electron chi connectivity index (χ4n) is 1.59. The van der Waals surface area contributed by atoms with E-state index in [1.54, 1.807) is 31.4 Å². The third-order valence-electron chi connectivity index (χ3n) is 2.48. The summed E-state index contributed by atoms with van der Waals surface area (Å²) in [6, 6.07) is 12.8. The van der Waals surface area contributed by atoms with Crippen molar-refractivity contribution in [3.8, 4) is 5.75 Å². The number of methoxy groups -OCH3 is 1. The number of carbonyl (C=O) groups is 1. The van der Waals surface area contributed by atoms with Gasteiger partial charge in [-0.1, -0.05) is 15.9 Å². The molecule has 0 heterocycles. The highest BCUT2D eigenvalue weighted by molar-refractivity contribution is 14.1. The van der Waals surface area contributed by atoms with Gasteiger partial charge in [-0.2, -0.15) is 0 Å². The minimum Gasteiger partial charge on any atom is -0.497 e. The number of hydrogen-bond acceptors (Lipinski definition) is 2. The lowest BCUT2D eigenvalue weighted by Crippen LogP contribution is -2.01. The Morgan fingerprint density at radius 2 is 1.78 bits per heavy atom. The van der Waals surface area contributed by atoms with Crippen LogP contribution in [0, 0.1) is 3.57 Å². The average Bonchev–Trinajstić information content (AvgIpc) is 2.37. The zero-order chi connectivity index (χ0) is 13.1. The summed E-state index contributed by atoms with van der Waals surface area (Å²) in [5.74, 6) is 0.757. The van der Waals surface area contributed by atoms with E-state index in [1.807, 2.05) is 18.2 Å². The normalized spacial score (nSPS) is 10.2. The van der Waals surface area contributed by atoms with Gasteiger partial charge in [0.2, 0.25) is 0 Å². The Morgan fingerprint density at radius 3 is 2.33 bits per heavy atom. The van der Waals surface area contributed by atoms with E-state index >= 15 is 0 Å². The molecule has 0 radical (unpaired) electrons. The van der Waals surface area contributed by atoms with Gasteiger partial charge in [0.15, 0.2) is 5.78 Å². The van der Waals surface area contributed by atoms with Crippen LogP contribution in [0.1, 0.15) is 15.9 Å². The fourth-order valence-corrected chi connectivity index (χ4v) is 3.19. The quantitative estimate of drug-likeness (QED) is 0.551. The van der Waals surface area contributed by atoms with Crippen molar-refractivity contribution < 1.29 is 9.53 Å². The molecule has 2 aromatic rings. The van der Waals surface area contributed by atoms with Gasteiger partial charge < -0.3 is 4.74 Å². The van der Waals surface area contributed by atoms with Gasteiger partial charge >= 0.3 is 0 Å². The zero-order valence-electron chi connectivity index (χ0n) is 9.61. The smallest absolute Gasteiger partial charge is 0.193 e. The van der Waals surface area contributed by atoms with E-state index in [0.29, 0.717) is 11.1 Å². The molecule has 2 rings (SSSR count). The first-order valence-corrected chi connectivity index (χ1v) is 7.12. The van der Waals surface area contributed by atoms with Crippen molar-refractivity contribution in [2.45, 2.75) is 0 Å². The fraction of sp³-hybridized carbons (Fsp3) is 0.0714. The molecule has 0 fully saturated rings. The molecular formula is C14H10BrIO2. The van der Waals surface area contributed by atoms with Crippen molar-refractivity contribution in [3.05, 3.63) is 61.6 Å². The van der Waals surface area contributed by atoms with Crippen molar-refractivity contribution in [1.82, 2.24) is 0 Å². The first-order chi connectivity index (χ1) is 8.60. The molecule has 0 unspecified atom stereocenters. The lowest BCUT2D eigenvalue weighted by atomic mass is 10.0. The lowest BCUT2D eigenvalue weighted by molar-refractivity contribution is 0.103. The van der Waals surface area contributed by atoms with Crippen molar-refractivity contribution in [2.24, 2.45) is 0 Å². The highest BCUT2D eigenvalue weighted by atomic mass is 127. The predicted molar refractivity (Wildman–Crippen MR) is 83.3 cm³/mol. The van der Waals surface area contributed by atoms with Crippen LogP contribution in [-0.2, 0) is 0 Å². The molecule has 4 heteroatoms. The predicted octanol–water partition coefficient (Wildman–Crippen LogP) is 4.29. The Hall–Kier alpha value is -0.880. The minimum atomic E-state index is 0.0110. The summed E-state index contributed by atoms with van der Waals surface area (Å²) >= 11 is 5.59. The first kappa shape index (κ1) is 13.5. The van der Waals surface area contributed by atoms with Gasteiger partial charge in [-0.05, 0) is 65.1 Å². The molecule has 0 saturated carbocycles. The van der Waals surface area contributed by atoms with Gasteiger partial charge in [0.05, 0.1) is 7.11 Å². The maximum Gasteiger partial charge on any atom is 0.193 e. The maximum absolute atomic E-state index is 12.3. The standard InChI is InChI=1S/C14H10BrIO2/c1-18-13-4-2-9(3-5-13)14(17)10-6-11(15)8-12(16)7-10/h2-8H,1H3. The van der Waals surface area contributed by atoms with Crippen LogP contribution in [0.2, 0.25) is 0 Å². The largest absolute Gasteiger partial charge is 0.497 e. The Morgan fingerprint density at radius 1 is 1.11 bits per heavy atom. The Balaban J connectivity index is 2.34. The Bertz CT molecular complexity index is 559. The molecule has 0 saturated heterocycles. The molecule has 0 N–H and O–H groups in total. The van der Waals surface area contributed by atoms with Crippen LogP contribution in [0.5, 0.6) is 5.75 Å². The number of hydrogen-bond donors (Lipinski definition) is 0. The van der Waals surface area contributed by atoms with Gasteiger partial charge in [0, 0.05) is 19.2 Å². The van der Waals surface area contributed by atoms with Crippen LogP contribution in [0.25, 0.3) is 0 Å². The van der Waals surface area contributed by atoms with E-state index in [0.717, 1.165) is 13.8 Å². The molecule has 0 amide bonds. The summed E-state index contributed by atoms with van der Waals surface area (Å²) in [5, 5.41) is 0. The molecule has 0 spiro atoms. The van der Waals surface area contributed by atoms with Crippen molar-refractivity contribution in [1.29, 1.82) is 0 Å². The van der Waals surface area contributed by atoms with Gasteiger partial charge in [-0.3, -0.25) is 4.79 Å². The number of ether oxygens (including phenoxy) is 1. The molecule has 2 nitrogen and oxygen atoms in total. The third kappa shape index (κ3) is 3.11. The second-order valence-electron chi connectivity index (χ2n) is 3.72. The first-order valence-electron chi connectivity index (χ1n) is 5.25. The summed E-state index contributed by atoms with van der Waals surface area (Å²) in [6.45, 7) is 0. The van der Waals surface area contributed by atoms with E-state index in [9.17, 15) is 4.79 Å². The molecule has 92 valence electrons. The number of carbonyl (C=O) groups excluding carboxylic acids is 1. The van der Waals surface area contributed by atoms with Crippen LogP contribution in [0.15, 0.2) is 46.9 Å². The van der Waals surface area contributed by atoms with Crippen LogP contribution in [0.4, 0.5) is 0 Å². The van der Waals surface area contributed by atoms with Gasteiger partial charge in [0.1, 0.15) is 5.75 Å². The molecule has 0 aliphatic heterocycles. The lowest BCUT2D eigenvalue weighted by Gasteiger charge is -2.04. The molecule has 0 atom stereocenters.